The molecule has 4 rings (SSSR count). The first-order valence-electron chi connectivity index (χ1n) is 11.9. The number of hydrogen-bond donors (Lipinski definition) is 2. The van der Waals surface area contributed by atoms with E-state index in [1.807, 2.05) is 67.4 Å². The lowest BCUT2D eigenvalue weighted by molar-refractivity contribution is -0.133. The van der Waals surface area contributed by atoms with Crippen molar-refractivity contribution in [3.8, 4) is 0 Å². The summed E-state index contributed by atoms with van der Waals surface area (Å²) in [7, 11) is 3.64. The van der Waals surface area contributed by atoms with Crippen molar-refractivity contribution in [3.63, 3.8) is 0 Å². The summed E-state index contributed by atoms with van der Waals surface area (Å²) in [6.07, 6.45) is 5.69. The van der Waals surface area contributed by atoms with Gasteiger partial charge < -0.3 is 10.2 Å². The van der Waals surface area contributed by atoms with E-state index in [2.05, 4.69) is 24.5 Å². The van der Waals surface area contributed by atoms with Crippen LogP contribution in [0, 0.1) is 12.3 Å². The number of rotatable bonds is 4. The van der Waals surface area contributed by atoms with Gasteiger partial charge in [-0.25, -0.2) is 9.79 Å². The lowest BCUT2D eigenvalue weighted by Crippen LogP contribution is -2.69. The Balaban J connectivity index is 1.69. The van der Waals surface area contributed by atoms with E-state index in [1.54, 1.807) is 18.2 Å². The summed E-state index contributed by atoms with van der Waals surface area (Å²) in [6, 6.07) is 14.8. The molecule has 1 aliphatic heterocycles. The molecule has 34 heavy (non-hydrogen) atoms. The third-order valence-corrected chi connectivity index (χ3v) is 7.22. The van der Waals surface area contributed by atoms with Crippen molar-refractivity contribution in [2.45, 2.75) is 58.3 Å². The number of para-hydroxylation sites is 1. The highest BCUT2D eigenvalue weighted by atomic mass is 16.2. The number of carbonyl (C=O) groups is 2. The Morgan fingerprint density at radius 2 is 1.82 bits per heavy atom. The maximum Gasteiger partial charge on any atom is 0.322 e. The number of benzene rings is 2. The number of benzodiazepines with no additional fused rings is 1. The third-order valence-electron chi connectivity index (χ3n) is 7.22. The van der Waals surface area contributed by atoms with E-state index in [1.165, 1.54) is 0 Å². The molecule has 0 aromatic heterocycles. The van der Waals surface area contributed by atoms with Gasteiger partial charge in [0.05, 0.1) is 5.69 Å². The number of hydrogen-bond acceptors (Lipinski definition) is 4. The number of amides is 3. The highest BCUT2D eigenvalue weighted by Crippen LogP contribution is 2.39. The van der Waals surface area contributed by atoms with Crippen LogP contribution in [0.25, 0.3) is 0 Å². The summed E-state index contributed by atoms with van der Waals surface area (Å²) >= 11 is 0. The van der Waals surface area contributed by atoms with E-state index in [0.717, 1.165) is 42.5 Å². The van der Waals surface area contributed by atoms with Crippen molar-refractivity contribution >= 4 is 29.5 Å². The lowest BCUT2D eigenvalue weighted by atomic mass is 9.75. The molecular formula is C27H35N5O2. The van der Waals surface area contributed by atoms with Crippen molar-refractivity contribution in [1.29, 1.82) is 0 Å². The van der Waals surface area contributed by atoms with Gasteiger partial charge >= 0.3 is 6.03 Å². The topological polar surface area (TPSA) is 77.0 Å². The fourth-order valence-corrected chi connectivity index (χ4v) is 4.96. The highest BCUT2D eigenvalue weighted by molar-refractivity contribution is 6.08. The summed E-state index contributed by atoms with van der Waals surface area (Å²) in [5.41, 5.74) is 3.57. The quantitative estimate of drug-likeness (QED) is 0.644. The van der Waals surface area contributed by atoms with E-state index in [-0.39, 0.29) is 17.4 Å². The summed E-state index contributed by atoms with van der Waals surface area (Å²) in [5.74, 6) is -1.85. The van der Waals surface area contributed by atoms with E-state index < -0.39 is 11.8 Å². The molecule has 1 unspecified atom stereocenters. The van der Waals surface area contributed by atoms with Gasteiger partial charge in [-0.3, -0.25) is 15.0 Å². The molecule has 0 radical (unpaired) electrons. The van der Waals surface area contributed by atoms with Crippen LogP contribution in [0.15, 0.2) is 53.5 Å². The third kappa shape index (κ3) is 4.71. The van der Waals surface area contributed by atoms with Crippen molar-refractivity contribution in [2.75, 3.05) is 24.3 Å². The standard InChI is InChI=1S/C27H35N5O2/c1-19-9-8-11-21(17-19)29-25(34)30-27(32(5)22-13-15-26(2,3)16-14-22)24(33)31(4)23-12-7-6-10-20(23)18-28-27/h6-12,17-18,22H,13-16H2,1-5H3,(H2,29,30,34). The van der Waals surface area contributed by atoms with Crippen LogP contribution in [0.2, 0.25) is 0 Å². The van der Waals surface area contributed by atoms with Gasteiger partial charge in [-0.1, -0.05) is 44.2 Å². The maximum atomic E-state index is 14.0. The predicted octanol–water partition coefficient (Wildman–Crippen LogP) is 4.77. The summed E-state index contributed by atoms with van der Waals surface area (Å²) in [4.78, 5) is 35.6. The van der Waals surface area contributed by atoms with E-state index >= 15 is 0 Å². The molecule has 1 saturated carbocycles. The SMILES string of the molecule is Cc1cccc(NC(=O)NC2(N(C)C3CCC(C)(C)CC3)N=Cc3ccccc3N(C)C2=O)c1. The zero-order chi connectivity index (χ0) is 24.5. The Morgan fingerprint density at radius 3 is 2.53 bits per heavy atom. The molecule has 7 heteroatoms. The van der Waals surface area contributed by atoms with Crippen LogP contribution < -0.4 is 15.5 Å². The molecule has 2 aromatic rings. The molecule has 2 N–H and O–H groups in total. The molecular weight excluding hydrogens is 426 g/mol. The van der Waals surface area contributed by atoms with Crippen LogP contribution in [0.1, 0.15) is 50.7 Å². The predicted molar refractivity (Wildman–Crippen MR) is 137 cm³/mol. The zero-order valence-corrected chi connectivity index (χ0v) is 20.8. The molecule has 1 heterocycles. The Labute approximate surface area is 202 Å². The van der Waals surface area contributed by atoms with Gasteiger partial charge in [0.15, 0.2) is 0 Å². The summed E-state index contributed by atoms with van der Waals surface area (Å²) in [6.45, 7) is 6.53. The molecule has 180 valence electrons. The molecule has 7 nitrogen and oxygen atoms in total. The van der Waals surface area contributed by atoms with Gasteiger partial charge in [0.25, 0.3) is 11.7 Å². The van der Waals surface area contributed by atoms with Crippen LogP contribution in [-0.2, 0) is 4.79 Å². The number of aliphatic imine (C=N–C) groups is 1. The number of carbonyl (C=O) groups excluding carboxylic acids is 2. The molecule has 1 atom stereocenters. The first kappa shape index (κ1) is 24.0. The normalized spacial score (nSPS) is 22.3. The second kappa shape index (κ2) is 9.22. The number of anilines is 2. The first-order chi connectivity index (χ1) is 16.1. The molecule has 0 saturated heterocycles. The van der Waals surface area contributed by atoms with Gasteiger partial charge in [-0.15, -0.1) is 0 Å². The Hall–Kier alpha value is -3.19. The van der Waals surface area contributed by atoms with Gasteiger partial charge in [-0.2, -0.15) is 0 Å². The largest absolute Gasteiger partial charge is 0.322 e. The molecule has 3 amide bonds. The number of likely N-dealkylation sites (N-methyl/N-ethyl adjacent to an activating group) is 2. The average Bonchev–Trinajstić information content (AvgIpc) is 2.90. The summed E-state index contributed by atoms with van der Waals surface area (Å²) < 4.78 is 0. The van der Waals surface area contributed by atoms with Gasteiger partial charge in [0, 0.05) is 30.6 Å². The molecule has 0 spiro atoms. The average molecular weight is 462 g/mol. The monoisotopic (exact) mass is 461 g/mol. The second-order valence-corrected chi connectivity index (χ2v) is 10.3. The number of nitrogens with zero attached hydrogens (tertiary/aromatic N) is 3. The number of urea groups is 1. The molecule has 1 fully saturated rings. The zero-order valence-electron chi connectivity index (χ0n) is 20.8. The number of nitrogens with one attached hydrogen (secondary N) is 2. The van der Waals surface area contributed by atoms with Crippen LogP contribution in [0.3, 0.4) is 0 Å². The Morgan fingerprint density at radius 1 is 1.12 bits per heavy atom. The van der Waals surface area contributed by atoms with E-state index in [0.29, 0.717) is 5.69 Å². The van der Waals surface area contributed by atoms with E-state index in [9.17, 15) is 9.59 Å². The van der Waals surface area contributed by atoms with Crippen molar-refractivity contribution in [1.82, 2.24) is 10.2 Å². The van der Waals surface area contributed by atoms with Crippen LogP contribution >= 0.6 is 0 Å². The maximum absolute atomic E-state index is 14.0. The van der Waals surface area contributed by atoms with Crippen LogP contribution in [-0.4, -0.2) is 49.0 Å². The molecule has 0 bridgehead atoms. The summed E-state index contributed by atoms with van der Waals surface area (Å²) in [5, 5.41) is 5.84. The van der Waals surface area contributed by atoms with Gasteiger partial charge in [0.1, 0.15) is 0 Å². The van der Waals surface area contributed by atoms with E-state index in [4.69, 9.17) is 4.99 Å². The minimum Gasteiger partial charge on any atom is -0.310 e. The molecule has 2 aliphatic rings. The molecule has 1 aliphatic carbocycles. The smallest absolute Gasteiger partial charge is 0.310 e. The fourth-order valence-electron chi connectivity index (χ4n) is 4.96. The second-order valence-electron chi connectivity index (χ2n) is 10.3. The van der Waals surface area contributed by atoms with Crippen molar-refractivity contribution in [3.05, 3.63) is 59.7 Å². The van der Waals surface area contributed by atoms with Crippen molar-refractivity contribution in [2.24, 2.45) is 10.4 Å². The van der Waals surface area contributed by atoms with Crippen LogP contribution in [0.4, 0.5) is 16.2 Å². The molecule has 2 aromatic carbocycles. The number of fused-ring (bicyclic) bond motifs is 1. The Bertz CT molecular complexity index is 1100. The van der Waals surface area contributed by atoms with Gasteiger partial charge in [0.2, 0.25) is 0 Å². The number of aryl methyl sites for hydroxylation is 1. The Kier molecular flexibility index (Phi) is 6.49. The first-order valence-corrected chi connectivity index (χ1v) is 11.9. The minimum absolute atomic E-state index is 0.114. The lowest BCUT2D eigenvalue weighted by Gasteiger charge is -2.46. The van der Waals surface area contributed by atoms with Gasteiger partial charge in [-0.05, 0) is 68.8 Å². The van der Waals surface area contributed by atoms with Crippen LogP contribution in [0.5, 0.6) is 0 Å². The minimum atomic E-state index is -1.56. The fraction of sp³-hybridized carbons (Fsp3) is 0.444. The van der Waals surface area contributed by atoms with Crippen molar-refractivity contribution < 1.29 is 9.59 Å². The highest BCUT2D eigenvalue weighted by Gasteiger charge is 2.50.